The molecule has 1 N–H and O–H groups in total. The molecule has 0 radical (unpaired) electrons. The molecular formula is C8H15NO3S. The van der Waals surface area contributed by atoms with E-state index in [-0.39, 0.29) is 5.75 Å². The molecule has 0 aliphatic carbocycles. The highest BCUT2D eigenvalue weighted by Crippen LogP contribution is 2.01. The number of nitrogens with one attached hydrogen (secondary N) is 1. The molecule has 0 heterocycles. The maximum Gasteiger partial charge on any atom is 0.238 e. The van der Waals surface area contributed by atoms with Crippen LogP contribution in [0.3, 0.4) is 0 Å². The minimum atomic E-state index is -3.27. The molecular weight excluding hydrogens is 190 g/mol. The van der Waals surface area contributed by atoms with E-state index in [9.17, 15) is 13.2 Å². The van der Waals surface area contributed by atoms with Crippen molar-refractivity contribution in [1.29, 1.82) is 0 Å². The summed E-state index contributed by atoms with van der Waals surface area (Å²) in [5, 5.41) is 1.46. The van der Waals surface area contributed by atoms with Gasteiger partial charge in [-0.3, -0.25) is 4.79 Å². The summed E-state index contributed by atoms with van der Waals surface area (Å²) in [6.07, 6.45) is 1.50. The van der Waals surface area contributed by atoms with Crippen LogP contribution in [0.5, 0.6) is 0 Å². The number of rotatable bonds is 5. The zero-order valence-corrected chi connectivity index (χ0v) is 8.73. The number of hydrogen-bond donors (Lipinski definition) is 1. The van der Waals surface area contributed by atoms with Crippen LogP contribution in [-0.2, 0) is 14.6 Å². The minimum Gasteiger partial charge on any atom is -0.352 e. The molecule has 1 atom stereocenters. The fourth-order valence-electron chi connectivity index (χ4n) is 0.730. The lowest BCUT2D eigenvalue weighted by molar-refractivity contribution is -0.120. The van der Waals surface area contributed by atoms with Crippen molar-refractivity contribution in [2.75, 3.05) is 12.3 Å². The van der Waals surface area contributed by atoms with Crippen LogP contribution in [0.1, 0.15) is 13.8 Å². The van der Waals surface area contributed by atoms with Gasteiger partial charge in [-0.1, -0.05) is 13.0 Å². The van der Waals surface area contributed by atoms with E-state index < -0.39 is 21.0 Å². The first-order chi connectivity index (χ1) is 5.95. The number of carbonyl (C=O) groups is 1. The van der Waals surface area contributed by atoms with Gasteiger partial charge in [0, 0.05) is 12.3 Å². The summed E-state index contributed by atoms with van der Waals surface area (Å²) in [6, 6.07) is 0. The first-order valence-electron chi connectivity index (χ1n) is 4.06. The van der Waals surface area contributed by atoms with Gasteiger partial charge in [0.05, 0.1) is 0 Å². The predicted molar refractivity (Wildman–Crippen MR) is 52.1 cm³/mol. The molecule has 1 unspecified atom stereocenters. The Kier molecular flexibility index (Phi) is 4.69. The van der Waals surface area contributed by atoms with E-state index in [2.05, 4.69) is 11.9 Å². The van der Waals surface area contributed by atoms with Crippen LogP contribution in [0.25, 0.3) is 0 Å². The van der Waals surface area contributed by atoms with Crippen molar-refractivity contribution in [2.24, 2.45) is 0 Å². The van der Waals surface area contributed by atoms with Gasteiger partial charge in [0.25, 0.3) is 0 Å². The van der Waals surface area contributed by atoms with Gasteiger partial charge in [0.15, 0.2) is 9.84 Å². The third-order valence-corrected chi connectivity index (χ3v) is 3.83. The Labute approximate surface area is 78.9 Å². The summed E-state index contributed by atoms with van der Waals surface area (Å²) < 4.78 is 22.4. The molecule has 76 valence electrons. The fourth-order valence-corrected chi connectivity index (χ4v) is 1.64. The molecule has 0 fully saturated rings. The van der Waals surface area contributed by atoms with E-state index in [0.717, 1.165) is 0 Å². The summed E-state index contributed by atoms with van der Waals surface area (Å²) in [6.45, 7) is 6.61. The number of carbonyl (C=O) groups excluding carboxylic acids is 1. The normalized spacial score (nSPS) is 13.4. The molecule has 0 spiro atoms. The van der Waals surface area contributed by atoms with Gasteiger partial charge in [-0.15, -0.1) is 6.58 Å². The second-order valence-corrected chi connectivity index (χ2v) is 5.24. The monoisotopic (exact) mass is 205 g/mol. The van der Waals surface area contributed by atoms with E-state index in [1.165, 1.54) is 19.9 Å². The Bertz CT molecular complexity index is 282. The number of hydrogen-bond acceptors (Lipinski definition) is 3. The quantitative estimate of drug-likeness (QED) is 0.648. The SMILES string of the molecule is C=CCNC(=O)C(C)S(=O)(=O)CC. The van der Waals surface area contributed by atoms with Crippen molar-refractivity contribution >= 4 is 15.7 Å². The van der Waals surface area contributed by atoms with Crippen molar-refractivity contribution in [1.82, 2.24) is 5.32 Å². The van der Waals surface area contributed by atoms with Gasteiger partial charge in [0.2, 0.25) is 5.91 Å². The zero-order chi connectivity index (χ0) is 10.5. The van der Waals surface area contributed by atoms with Gasteiger partial charge >= 0.3 is 0 Å². The van der Waals surface area contributed by atoms with Crippen LogP contribution >= 0.6 is 0 Å². The molecule has 0 aliphatic rings. The number of sulfone groups is 1. The highest BCUT2D eigenvalue weighted by atomic mass is 32.2. The van der Waals surface area contributed by atoms with E-state index in [4.69, 9.17) is 0 Å². The lowest BCUT2D eigenvalue weighted by atomic mass is 10.4. The van der Waals surface area contributed by atoms with Gasteiger partial charge in [-0.05, 0) is 6.92 Å². The van der Waals surface area contributed by atoms with Crippen LogP contribution in [-0.4, -0.2) is 31.9 Å². The van der Waals surface area contributed by atoms with Crippen molar-refractivity contribution in [3.05, 3.63) is 12.7 Å². The van der Waals surface area contributed by atoms with Crippen molar-refractivity contribution < 1.29 is 13.2 Å². The highest BCUT2D eigenvalue weighted by Gasteiger charge is 2.25. The molecule has 0 saturated heterocycles. The van der Waals surface area contributed by atoms with Crippen LogP contribution in [0.2, 0.25) is 0 Å². The topological polar surface area (TPSA) is 63.2 Å². The minimum absolute atomic E-state index is 0.0182. The molecule has 0 aromatic heterocycles. The Morgan fingerprint density at radius 1 is 1.62 bits per heavy atom. The van der Waals surface area contributed by atoms with Gasteiger partial charge in [-0.2, -0.15) is 0 Å². The molecule has 0 rings (SSSR count). The standard InChI is InChI=1S/C8H15NO3S/c1-4-6-9-8(10)7(3)13(11,12)5-2/h4,7H,1,5-6H2,2-3H3,(H,9,10). The molecule has 0 aliphatic heterocycles. The fraction of sp³-hybridized carbons (Fsp3) is 0.625. The lowest BCUT2D eigenvalue weighted by Gasteiger charge is -2.10. The van der Waals surface area contributed by atoms with E-state index in [1.54, 1.807) is 0 Å². The van der Waals surface area contributed by atoms with Gasteiger partial charge in [0.1, 0.15) is 5.25 Å². The largest absolute Gasteiger partial charge is 0.352 e. The Morgan fingerprint density at radius 3 is 2.54 bits per heavy atom. The second-order valence-electron chi connectivity index (χ2n) is 2.63. The summed E-state index contributed by atoms with van der Waals surface area (Å²) in [7, 11) is -3.27. The Balaban J connectivity index is 4.34. The van der Waals surface area contributed by atoms with Crippen LogP contribution < -0.4 is 5.32 Å². The van der Waals surface area contributed by atoms with Crippen LogP contribution in [0.15, 0.2) is 12.7 Å². The molecule has 4 nitrogen and oxygen atoms in total. The van der Waals surface area contributed by atoms with Crippen LogP contribution in [0.4, 0.5) is 0 Å². The first kappa shape index (κ1) is 12.2. The van der Waals surface area contributed by atoms with Crippen molar-refractivity contribution in [3.63, 3.8) is 0 Å². The molecule has 0 bridgehead atoms. The van der Waals surface area contributed by atoms with Crippen molar-refractivity contribution in [2.45, 2.75) is 19.1 Å². The molecule has 1 amide bonds. The average Bonchev–Trinajstić information content (AvgIpc) is 2.12. The predicted octanol–water partition coefficient (Wildman–Crippen LogP) is 0.112. The van der Waals surface area contributed by atoms with E-state index in [1.807, 2.05) is 0 Å². The maximum atomic E-state index is 11.2. The zero-order valence-electron chi connectivity index (χ0n) is 7.91. The van der Waals surface area contributed by atoms with Gasteiger partial charge < -0.3 is 5.32 Å². The van der Waals surface area contributed by atoms with Crippen molar-refractivity contribution in [3.8, 4) is 0 Å². The Morgan fingerprint density at radius 2 is 2.15 bits per heavy atom. The maximum absolute atomic E-state index is 11.2. The molecule has 0 aromatic rings. The molecule has 0 aromatic carbocycles. The molecule has 5 heteroatoms. The van der Waals surface area contributed by atoms with E-state index >= 15 is 0 Å². The molecule has 13 heavy (non-hydrogen) atoms. The first-order valence-corrected chi connectivity index (χ1v) is 5.77. The second kappa shape index (κ2) is 5.01. The summed E-state index contributed by atoms with van der Waals surface area (Å²) in [5.41, 5.74) is 0. The smallest absolute Gasteiger partial charge is 0.238 e. The third kappa shape index (κ3) is 3.59. The average molecular weight is 205 g/mol. The summed E-state index contributed by atoms with van der Waals surface area (Å²) in [4.78, 5) is 11.2. The van der Waals surface area contributed by atoms with E-state index in [0.29, 0.717) is 6.54 Å². The lowest BCUT2D eigenvalue weighted by Crippen LogP contribution is -2.38. The molecule has 0 saturated carbocycles. The van der Waals surface area contributed by atoms with Crippen LogP contribution in [0, 0.1) is 0 Å². The Hall–Kier alpha value is -0.840. The number of amides is 1. The van der Waals surface area contributed by atoms with Gasteiger partial charge in [-0.25, -0.2) is 8.42 Å². The highest BCUT2D eigenvalue weighted by molar-refractivity contribution is 7.92. The third-order valence-electron chi connectivity index (χ3n) is 1.73. The summed E-state index contributed by atoms with van der Waals surface area (Å²) in [5.74, 6) is -0.489. The summed E-state index contributed by atoms with van der Waals surface area (Å²) >= 11 is 0.